The van der Waals surface area contributed by atoms with Gasteiger partial charge in [0.1, 0.15) is 5.82 Å². The normalized spacial score (nSPS) is 10.5. The lowest BCUT2D eigenvalue weighted by Crippen LogP contribution is -1.85. The maximum Gasteiger partial charge on any atom is 0.132 e. The van der Waals surface area contributed by atoms with Crippen molar-refractivity contribution in [3.8, 4) is 0 Å². The summed E-state index contributed by atoms with van der Waals surface area (Å²) >= 11 is 0. The van der Waals surface area contributed by atoms with E-state index in [0.717, 1.165) is 5.56 Å². The van der Waals surface area contributed by atoms with Gasteiger partial charge < -0.3 is 0 Å². The lowest BCUT2D eigenvalue weighted by Gasteiger charge is -2.00. The molecule has 0 saturated heterocycles. The summed E-state index contributed by atoms with van der Waals surface area (Å²) < 4.78 is 13.1. The van der Waals surface area contributed by atoms with E-state index in [-0.39, 0.29) is 5.82 Å². The van der Waals surface area contributed by atoms with E-state index in [2.05, 4.69) is 11.9 Å². The summed E-state index contributed by atoms with van der Waals surface area (Å²) in [5, 5.41) is 0.532. The molecule has 1 aromatic carbocycles. The summed E-state index contributed by atoms with van der Waals surface area (Å²) in [5.74, 6) is -0.245. The monoisotopic (exact) mass is 160 g/mol. The Morgan fingerprint density at radius 1 is 1.25 bits per heavy atom. The van der Waals surface area contributed by atoms with E-state index in [0.29, 0.717) is 10.9 Å². The lowest BCUT2D eigenvalue weighted by atomic mass is 10.1. The average Bonchev–Trinajstić information content (AvgIpc) is 2.12. The Balaban J connectivity index is 2.95. The van der Waals surface area contributed by atoms with Gasteiger partial charge in [-0.15, -0.1) is 0 Å². The van der Waals surface area contributed by atoms with E-state index in [1.807, 2.05) is 0 Å². The van der Waals surface area contributed by atoms with Gasteiger partial charge in [-0.05, 0) is 30.7 Å². The smallest absolute Gasteiger partial charge is 0.132 e. The number of aromatic nitrogens is 1. The van der Waals surface area contributed by atoms with Gasteiger partial charge in [0.05, 0.1) is 5.52 Å². The van der Waals surface area contributed by atoms with Crippen LogP contribution in [0.15, 0.2) is 30.5 Å². The maximum atomic E-state index is 13.1. The summed E-state index contributed by atoms with van der Waals surface area (Å²) in [6.45, 7) is 3.76. The molecule has 0 aliphatic rings. The van der Waals surface area contributed by atoms with E-state index in [4.69, 9.17) is 0 Å². The molecule has 1 heterocycles. The molecule has 12 heavy (non-hydrogen) atoms. The van der Waals surface area contributed by atoms with E-state index >= 15 is 0 Å². The minimum absolute atomic E-state index is 0.245. The van der Waals surface area contributed by atoms with Gasteiger partial charge >= 0.3 is 0 Å². The number of nitrogens with zero attached hydrogens (tertiary/aromatic N) is 1. The summed E-state index contributed by atoms with van der Waals surface area (Å²) in [6.07, 6.45) is 1.64. The SMILES string of the molecule is [CH2]c1ccc(F)c2cccnc12. The van der Waals surface area contributed by atoms with Crippen molar-refractivity contribution < 1.29 is 4.39 Å². The van der Waals surface area contributed by atoms with E-state index in [1.165, 1.54) is 6.07 Å². The maximum absolute atomic E-state index is 13.1. The molecule has 2 heteroatoms. The molecule has 1 radical (unpaired) electrons. The second kappa shape index (κ2) is 2.55. The molecular formula is C10H7FN. The number of rotatable bonds is 0. The predicted molar refractivity (Wildman–Crippen MR) is 46.2 cm³/mol. The first-order chi connectivity index (χ1) is 5.79. The summed E-state index contributed by atoms with van der Waals surface area (Å²) in [4.78, 5) is 4.04. The zero-order chi connectivity index (χ0) is 8.55. The average molecular weight is 160 g/mol. The molecule has 0 aliphatic heterocycles. The van der Waals surface area contributed by atoms with Crippen LogP contribution in [0.1, 0.15) is 5.56 Å². The summed E-state index contributed by atoms with van der Waals surface area (Å²) in [5.41, 5.74) is 1.39. The third kappa shape index (κ3) is 0.961. The van der Waals surface area contributed by atoms with Gasteiger partial charge in [0.2, 0.25) is 0 Å². The van der Waals surface area contributed by atoms with Crippen LogP contribution in [0.5, 0.6) is 0 Å². The molecule has 0 amide bonds. The first kappa shape index (κ1) is 7.22. The zero-order valence-corrected chi connectivity index (χ0v) is 6.42. The van der Waals surface area contributed by atoms with Gasteiger partial charge in [-0.25, -0.2) is 4.39 Å². The predicted octanol–water partition coefficient (Wildman–Crippen LogP) is 2.56. The number of hydrogen-bond donors (Lipinski definition) is 0. The van der Waals surface area contributed by atoms with Crippen LogP contribution in [0.25, 0.3) is 10.9 Å². The lowest BCUT2D eigenvalue weighted by molar-refractivity contribution is 0.639. The highest BCUT2D eigenvalue weighted by molar-refractivity contribution is 5.82. The zero-order valence-electron chi connectivity index (χ0n) is 6.42. The standard InChI is InChI=1S/C10H7FN/c1-7-4-5-9(11)8-3-2-6-12-10(7)8/h2-6H,1H2. The fourth-order valence-corrected chi connectivity index (χ4v) is 1.20. The molecular weight excluding hydrogens is 153 g/mol. The molecule has 1 nitrogen and oxygen atoms in total. The first-order valence-corrected chi connectivity index (χ1v) is 3.64. The first-order valence-electron chi connectivity index (χ1n) is 3.64. The van der Waals surface area contributed by atoms with Crippen LogP contribution in [0.3, 0.4) is 0 Å². The molecule has 0 bridgehead atoms. The van der Waals surface area contributed by atoms with Crippen molar-refractivity contribution >= 4 is 10.9 Å². The number of pyridine rings is 1. The van der Waals surface area contributed by atoms with Crippen molar-refractivity contribution in [2.45, 2.75) is 0 Å². The molecule has 2 rings (SSSR count). The van der Waals surface area contributed by atoms with Crippen LogP contribution >= 0.6 is 0 Å². The highest BCUT2D eigenvalue weighted by atomic mass is 19.1. The van der Waals surface area contributed by atoms with Gasteiger partial charge in [0.25, 0.3) is 0 Å². The fourth-order valence-electron chi connectivity index (χ4n) is 1.20. The molecule has 0 saturated carbocycles. The molecule has 0 N–H and O–H groups in total. The second-order valence-electron chi connectivity index (χ2n) is 2.61. The number of fused-ring (bicyclic) bond motifs is 1. The molecule has 0 spiro atoms. The van der Waals surface area contributed by atoms with Crippen LogP contribution < -0.4 is 0 Å². The Kier molecular flexibility index (Phi) is 1.54. The molecule has 0 atom stereocenters. The van der Waals surface area contributed by atoms with Crippen LogP contribution in [0, 0.1) is 12.7 Å². The molecule has 1 aromatic heterocycles. The molecule has 59 valence electrons. The van der Waals surface area contributed by atoms with Crippen LogP contribution in [0.4, 0.5) is 4.39 Å². The van der Waals surface area contributed by atoms with Crippen molar-refractivity contribution in [1.29, 1.82) is 0 Å². The van der Waals surface area contributed by atoms with Crippen LogP contribution in [0.2, 0.25) is 0 Å². The largest absolute Gasteiger partial charge is 0.256 e. The van der Waals surface area contributed by atoms with Crippen molar-refractivity contribution in [2.24, 2.45) is 0 Å². The number of halogens is 1. The summed E-state index contributed by atoms with van der Waals surface area (Å²) in [7, 11) is 0. The topological polar surface area (TPSA) is 12.9 Å². The molecule has 2 aromatic rings. The van der Waals surface area contributed by atoms with E-state index in [1.54, 1.807) is 24.4 Å². The van der Waals surface area contributed by atoms with Crippen molar-refractivity contribution in [2.75, 3.05) is 0 Å². The third-order valence-corrected chi connectivity index (χ3v) is 1.80. The second-order valence-corrected chi connectivity index (χ2v) is 2.61. The molecule has 0 unspecified atom stereocenters. The highest BCUT2D eigenvalue weighted by Crippen LogP contribution is 2.18. The highest BCUT2D eigenvalue weighted by Gasteiger charge is 2.01. The Bertz CT molecular complexity index is 383. The Morgan fingerprint density at radius 3 is 2.83 bits per heavy atom. The van der Waals surface area contributed by atoms with Gasteiger partial charge in [-0.3, -0.25) is 4.98 Å². The van der Waals surface area contributed by atoms with Gasteiger partial charge in [0.15, 0.2) is 0 Å². The third-order valence-electron chi connectivity index (χ3n) is 1.80. The minimum atomic E-state index is -0.245. The van der Waals surface area contributed by atoms with E-state index in [9.17, 15) is 4.39 Å². The minimum Gasteiger partial charge on any atom is -0.256 e. The summed E-state index contributed by atoms with van der Waals surface area (Å²) in [6, 6.07) is 6.45. The molecule has 0 fully saturated rings. The van der Waals surface area contributed by atoms with Crippen LogP contribution in [-0.2, 0) is 0 Å². The van der Waals surface area contributed by atoms with Crippen LogP contribution in [-0.4, -0.2) is 4.98 Å². The van der Waals surface area contributed by atoms with Crippen molar-refractivity contribution in [3.05, 3.63) is 48.8 Å². The Labute approximate surface area is 69.9 Å². The van der Waals surface area contributed by atoms with Gasteiger partial charge in [0, 0.05) is 11.6 Å². The van der Waals surface area contributed by atoms with Crippen molar-refractivity contribution in [1.82, 2.24) is 4.98 Å². The molecule has 0 aliphatic carbocycles. The number of hydrogen-bond acceptors (Lipinski definition) is 1. The van der Waals surface area contributed by atoms with Crippen molar-refractivity contribution in [3.63, 3.8) is 0 Å². The quantitative estimate of drug-likeness (QED) is 0.577. The number of benzene rings is 1. The Hall–Kier alpha value is -1.44. The Morgan fingerprint density at radius 2 is 2.08 bits per heavy atom. The van der Waals surface area contributed by atoms with Gasteiger partial charge in [-0.2, -0.15) is 0 Å². The fraction of sp³-hybridized carbons (Fsp3) is 0. The van der Waals surface area contributed by atoms with Gasteiger partial charge in [-0.1, -0.05) is 6.07 Å². The van der Waals surface area contributed by atoms with E-state index < -0.39 is 0 Å².